The topological polar surface area (TPSA) is 365 Å². The van der Waals surface area contributed by atoms with Crippen LogP contribution in [0, 0.1) is 23.7 Å². The van der Waals surface area contributed by atoms with Crippen LogP contribution < -0.4 is 44.2 Å². The molecule has 120 heavy (non-hydrogen) atoms. The lowest BCUT2D eigenvalue weighted by atomic mass is 9.72. The molecule has 4 aromatic heterocycles. The highest BCUT2D eigenvalue weighted by molar-refractivity contribution is 5.92. The van der Waals surface area contributed by atoms with E-state index in [2.05, 4.69) is 186 Å². The highest BCUT2D eigenvalue weighted by atomic mass is 16.2. The van der Waals surface area contributed by atoms with Crippen LogP contribution in [-0.4, -0.2) is 215 Å². The number of aromatic nitrogens is 4. The molecule has 24 heteroatoms. The summed E-state index contributed by atoms with van der Waals surface area (Å²) in [4.78, 5) is 119. The molecule has 4 aromatic carbocycles. The number of benzene rings is 4. The van der Waals surface area contributed by atoms with Crippen LogP contribution in [0.15, 0.2) is 97.6 Å². The maximum absolute atomic E-state index is 12.3. The average Bonchev–Trinajstić information content (AvgIpc) is 1.51. The molecule has 4 aliphatic carbocycles. The van der Waals surface area contributed by atoms with Gasteiger partial charge in [-0.05, 0) is 221 Å². The van der Waals surface area contributed by atoms with E-state index in [0.29, 0.717) is 175 Å². The highest BCUT2D eigenvalue weighted by Gasteiger charge is 2.45. The van der Waals surface area contributed by atoms with E-state index in [1.165, 1.54) is 88.1 Å². The molecule has 648 valence electrons. The number of likely N-dealkylation sites (tertiary alicyclic amines) is 4. The molecule has 4 fully saturated rings. The van der Waals surface area contributed by atoms with Gasteiger partial charge in [0, 0.05) is 220 Å². The summed E-state index contributed by atoms with van der Waals surface area (Å²) in [6.07, 6.45) is 27.7. The number of H-pyrrole nitrogens is 4. The predicted octanol–water partition coefficient (Wildman–Crippen LogP) is 10.9. The van der Waals surface area contributed by atoms with Crippen molar-refractivity contribution >= 4 is 90.4 Å². The van der Waals surface area contributed by atoms with E-state index in [1.54, 1.807) is 0 Å². The number of Topliss-reactive ketones (excluding diaryl/α,β-unsaturated/α-hetero) is 4. The Balaban J connectivity index is 0.000000138. The van der Waals surface area contributed by atoms with Gasteiger partial charge in [0.25, 0.3) is 0 Å². The number of nitrogens with zero attached hydrogens (tertiary/aromatic N) is 4. The van der Waals surface area contributed by atoms with Crippen LogP contribution >= 0.6 is 0 Å². The first kappa shape index (κ1) is 89.0. The lowest BCUT2D eigenvalue weighted by Crippen LogP contribution is -2.52. The van der Waals surface area contributed by atoms with Crippen LogP contribution in [0.25, 0.3) is 43.6 Å². The van der Waals surface area contributed by atoms with E-state index in [9.17, 15) is 38.4 Å². The summed E-state index contributed by atoms with van der Waals surface area (Å²) >= 11 is 0. The average molecular weight is 1640 g/mol. The molecule has 12 atom stereocenters. The zero-order valence-electron chi connectivity index (χ0n) is 71.8. The number of carbonyl (C=O) groups excluding carboxylic acids is 8. The Morgan fingerprint density at radius 3 is 0.742 bits per heavy atom. The van der Waals surface area contributed by atoms with Crippen LogP contribution in [0.5, 0.6) is 0 Å². The molecule has 0 unspecified atom stereocenters. The van der Waals surface area contributed by atoms with Crippen molar-refractivity contribution in [1.29, 1.82) is 0 Å². The lowest BCUT2D eigenvalue weighted by molar-refractivity contribution is -0.123. The van der Waals surface area contributed by atoms with Gasteiger partial charge in [0.1, 0.15) is 23.1 Å². The lowest BCUT2D eigenvalue weighted by Gasteiger charge is -2.47. The second-order valence-corrected chi connectivity index (χ2v) is 35.8. The molecule has 0 saturated carbocycles. The van der Waals surface area contributed by atoms with Gasteiger partial charge in [-0.15, -0.1) is 0 Å². The third-order valence-corrected chi connectivity index (χ3v) is 27.4. The van der Waals surface area contributed by atoms with Crippen LogP contribution in [0.4, 0.5) is 0 Å². The first-order chi connectivity index (χ1) is 58.4. The summed E-state index contributed by atoms with van der Waals surface area (Å²) < 4.78 is 0. The smallest absolute Gasteiger partial charge is 0.220 e. The fraction of sp³-hybridized carbons (Fsp3) is 0.583. The van der Waals surface area contributed by atoms with Crippen LogP contribution in [0.2, 0.25) is 0 Å². The van der Waals surface area contributed by atoms with E-state index >= 15 is 0 Å². The third-order valence-electron chi connectivity index (χ3n) is 27.4. The van der Waals surface area contributed by atoms with E-state index in [4.69, 9.17) is 22.9 Å². The number of piperidine rings is 4. The van der Waals surface area contributed by atoms with Gasteiger partial charge in [-0.3, -0.25) is 58.0 Å². The standard InChI is InChI=1S/4C24H34N4O2/c4*1-2-9-28-15-16(13-27-23(30)8-3-5-18(29)12-25)10-20-19-6-4-7-21-24(19)17(14-26-21)11-22(20)28/h4*4,6-7,14,16,20,22,26H,2-3,5,8-13,15,25H2,1H3,(H,27,30)/t4*16-,20+,22+/m0000/s1. The number of ketones is 4. The van der Waals surface area contributed by atoms with Crippen molar-refractivity contribution in [2.75, 3.05) is 105 Å². The molecule has 24 nitrogen and oxygen atoms in total. The van der Waals surface area contributed by atoms with E-state index in [1.807, 2.05) is 0 Å². The van der Waals surface area contributed by atoms with Gasteiger partial charge in [0.15, 0.2) is 0 Å². The molecular weight excluding hydrogens is 1510 g/mol. The number of fused-ring (bicyclic) bond motifs is 8. The summed E-state index contributed by atoms with van der Waals surface area (Å²) in [5.41, 5.74) is 37.9. The second kappa shape index (κ2) is 42.9. The van der Waals surface area contributed by atoms with Crippen molar-refractivity contribution in [2.24, 2.45) is 46.6 Å². The molecule has 0 radical (unpaired) electrons. The van der Waals surface area contributed by atoms with Gasteiger partial charge in [0.05, 0.1) is 26.2 Å². The number of rotatable bonds is 36. The SMILES string of the molecule is CCCN1C[C@H](CNC(=O)CCCC(=O)CN)C[C@@H]2c3cccc4[nH]cc(c34)C[C@H]21.CCCN1C[C@H](CNC(=O)CCCC(=O)CN)C[C@@H]2c3cccc4[nH]cc(c34)C[C@H]21.CCCN1C[C@H](CNC(=O)CCCC(=O)CN)C[C@@H]2c3cccc4[nH]cc(c34)C[C@H]21.CCCN1C[C@H](CNC(=O)CCCC(=O)CN)C[C@@H]2c3cccc4[nH]cc(c34)C[C@H]21. The molecule has 0 spiro atoms. The Kier molecular flexibility index (Phi) is 31.8. The van der Waals surface area contributed by atoms with Crippen molar-refractivity contribution in [3.8, 4) is 0 Å². The molecule has 4 amide bonds. The normalized spacial score (nSPS) is 23.3. The van der Waals surface area contributed by atoms with Crippen molar-refractivity contribution in [1.82, 2.24) is 60.8 Å². The quantitative estimate of drug-likeness (QED) is 0.0174. The summed E-state index contributed by atoms with van der Waals surface area (Å²) in [6, 6.07) is 28.7. The van der Waals surface area contributed by atoms with E-state index in [0.717, 1.165) is 129 Å². The minimum Gasteiger partial charge on any atom is -0.361 e. The Morgan fingerprint density at radius 1 is 0.325 bits per heavy atom. The third kappa shape index (κ3) is 21.6. The molecule has 8 heterocycles. The molecule has 8 aromatic rings. The molecule has 4 aliphatic heterocycles. The van der Waals surface area contributed by atoms with Crippen LogP contribution in [-0.2, 0) is 64.0 Å². The summed E-state index contributed by atoms with van der Waals surface area (Å²) in [7, 11) is 0. The molecule has 16 rings (SSSR count). The molecule has 0 bridgehead atoms. The fourth-order valence-corrected chi connectivity index (χ4v) is 21.9. The van der Waals surface area contributed by atoms with Gasteiger partial charge in [-0.25, -0.2) is 0 Å². The van der Waals surface area contributed by atoms with Crippen LogP contribution in [0.3, 0.4) is 0 Å². The summed E-state index contributed by atoms with van der Waals surface area (Å²) in [5.74, 6) is 4.11. The Hall–Kier alpha value is -8.72. The van der Waals surface area contributed by atoms with Gasteiger partial charge in [-0.1, -0.05) is 76.2 Å². The van der Waals surface area contributed by atoms with Gasteiger partial charge < -0.3 is 64.1 Å². The second-order valence-electron chi connectivity index (χ2n) is 35.8. The fourth-order valence-electron chi connectivity index (χ4n) is 21.9. The Bertz CT molecular complexity index is 4210. The molecule has 4 saturated heterocycles. The zero-order chi connectivity index (χ0) is 84.3. The molecule has 8 aliphatic rings. The van der Waals surface area contributed by atoms with Gasteiger partial charge >= 0.3 is 0 Å². The minimum absolute atomic E-state index is 0.0203. The first-order valence-electron chi connectivity index (χ1n) is 45.7. The monoisotopic (exact) mass is 1640 g/mol. The van der Waals surface area contributed by atoms with Gasteiger partial charge in [-0.2, -0.15) is 0 Å². The Morgan fingerprint density at radius 2 is 0.542 bits per heavy atom. The van der Waals surface area contributed by atoms with Crippen molar-refractivity contribution in [3.05, 3.63) is 142 Å². The van der Waals surface area contributed by atoms with E-state index in [-0.39, 0.29) is 72.9 Å². The number of amides is 4. The van der Waals surface area contributed by atoms with Crippen molar-refractivity contribution < 1.29 is 38.4 Å². The Labute approximate surface area is 708 Å². The van der Waals surface area contributed by atoms with Crippen molar-refractivity contribution in [3.63, 3.8) is 0 Å². The number of carbonyl (C=O) groups is 8. The number of hydrogen-bond acceptors (Lipinski definition) is 16. The summed E-state index contributed by atoms with van der Waals surface area (Å²) in [6.45, 7) is 20.6. The number of nitrogens with one attached hydrogen (secondary N) is 8. The van der Waals surface area contributed by atoms with Crippen molar-refractivity contribution in [2.45, 2.75) is 230 Å². The number of hydrogen-bond donors (Lipinski definition) is 12. The maximum atomic E-state index is 12.3. The molecule has 16 N–H and O–H groups in total. The number of aromatic amines is 4. The largest absolute Gasteiger partial charge is 0.361 e. The number of nitrogens with two attached hydrogens (primary N) is 4. The maximum Gasteiger partial charge on any atom is 0.220 e. The zero-order valence-corrected chi connectivity index (χ0v) is 71.8. The summed E-state index contributed by atoms with van der Waals surface area (Å²) in [5, 5.41) is 18.2. The highest BCUT2D eigenvalue weighted by Crippen LogP contribution is 2.49. The first-order valence-corrected chi connectivity index (χ1v) is 45.7. The van der Waals surface area contributed by atoms with E-state index < -0.39 is 0 Å². The minimum atomic E-state index is 0.0203. The molecular formula is C96H136N16O8. The predicted molar refractivity (Wildman–Crippen MR) is 478 cm³/mol. The van der Waals surface area contributed by atoms with Gasteiger partial charge in [0.2, 0.25) is 23.6 Å². The van der Waals surface area contributed by atoms with Crippen LogP contribution in [0.1, 0.15) is 224 Å².